The van der Waals surface area contributed by atoms with Gasteiger partial charge in [0.1, 0.15) is 0 Å². The molecule has 0 aliphatic carbocycles. The van der Waals surface area contributed by atoms with Crippen LogP contribution in [-0.2, 0) is 20.7 Å². The van der Waals surface area contributed by atoms with Gasteiger partial charge in [-0.3, -0.25) is 9.78 Å². The van der Waals surface area contributed by atoms with Crippen molar-refractivity contribution in [2.45, 2.75) is 32.3 Å². The lowest BCUT2D eigenvalue weighted by molar-refractivity contribution is -0.144. The van der Waals surface area contributed by atoms with Gasteiger partial charge in [-0.05, 0) is 18.6 Å². The molecule has 1 aliphatic rings. The average molecular weight is 328 g/mol. The maximum atomic E-state index is 11.5. The quantitative estimate of drug-likeness (QED) is 0.790. The number of carbonyl (C=O) groups is 1. The van der Waals surface area contributed by atoms with E-state index in [4.69, 9.17) is 14.5 Å². The van der Waals surface area contributed by atoms with Crippen LogP contribution in [0.3, 0.4) is 0 Å². The Morgan fingerprint density at radius 3 is 3.04 bits per heavy atom. The van der Waals surface area contributed by atoms with Crippen molar-refractivity contribution in [2.75, 3.05) is 31.7 Å². The topological polar surface area (TPSA) is 51.7 Å². The maximum Gasteiger partial charge on any atom is 0.308 e. The van der Waals surface area contributed by atoms with Crippen molar-refractivity contribution in [1.29, 1.82) is 0 Å². The summed E-state index contributed by atoms with van der Waals surface area (Å²) in [4.78, 5) is 18.6. The predicted octanol–water partition coefficient (Wildman–Crippen LogP) is 2.96. The summed E-state index contributed by atoms with van der Waals surface area (Å²) in [5.74, 6) is -0.229. The molecule has 0 amide bonds. The number of methoxy groups -OCH3 is 1. The lowest BCUT2D eigenvalue weighted by atomic mass is 10.1. The fraction of sp³-hybridized carbons (Fsp3) is 0.474. The lowest BCUT2D eigenvalue weighted by Gasteiger charge is -2.35. The van der Waals surface area contributed by atoms with Crippen LogP contribution in [0, 0.1) is 0 Å². The van der Waals surface area contributed by atoms with Crippen molar-refractivity contribution < 1.29 is 14.3 Å². The van der Waals surface area contributed by atoms with E-state index in [0.29, 0.717) is 13.2 Å². The zero-order chi connectivity index (χ0) is 16.9. The van der Waals surface area contributed by atoms with E-state index in [1.807, 2.05) is 12.1 Å². The summed E-state index contributed by atoms with van der Waals surface area (Å²) >= 11 is 0. The maximum absolute atomic E-state index is 11.5. The van der Waals surface area contributed by atoms with E-state index in [2.05, 4.69) is 30.0 Å². The van der Waals surface area contributed by atoms with Crippen LogP contribution in [0.1, 0.15) is 25.5 Å². The van der Waals surface area contributed by atoms with Crippen LogP contribution in [0.15, 0.2) is 30.3 Å². The normalized spacial score (nSPS) is 17.9. The molecule has 2 aromatic rings. The first-order valence-corrected chi connectivity index (χ1v) is 8.53. The number of nitrogens with zero attached hydrogens (tertiary/aromatic N) is 2. The molecular formula is C19H24N2O3. The molecule has 0 spiro atoms. The van der Waals surface area contributed by atoms with Gasteiger partial charge >= 0.3 is 5.97 Å². The van der Waals surface area contributed by atoms with E-state index < -0.39 is 0 Å². The zero-order valence-corrected chi connectivity index (χ0v) is 14.3. The van der Waals surface area contributed by atoms with E-state index >= 15 is 0 Å². The highest BCUT2D eigenvalue weighted by Crippen LogP contribution is 2.29. The molecule has 128 valence electrons. The number of esters is 1. The smallest absolute Gasteiger partial charge is 0.308 e. The molecular weight excluding hydrogens is 304 g/mol. The van der Waals surface area contributed by atoms with Gasteiger partial charge in [0, 0.05) is 29.9 Å². The van der Waals surface area contributed by atoms with Crippen LogP contribution in [0.2, 0.25) is 0 Å². The van der Waals surface area contributed by atoms with Crippen LogP contribution in [0.4, 0.5) is 5.69 Å². The Balaban J connectivity index is 1.90. The largest absolute Gasteiger partial charge is 0.469 e. The number of hydrogen-bond acceptors (Lipinski definition) is 5. The fourth-order valence-corrected chi connectivity index (χ4v) is 3.19. The number of rotatable bonds is 5. The lowest BCUT2D eigenvalue weighted by Crippen LogP contribution is -2.43. The highest BCUT2D eigenvalue weighted by molar-refractivity contribution is 5.92. The minimum Gasteiger partial charge on any atom is -0.469 e. The van der Waals surface area contributed by atoms with Gasteiger partial charge in [0.2, 0.25) is 0 Å². The van der Waals surface area contributed by atoms with Gasteiger partial charge in [0.15, 0.2) is 0 Å². The van der Waals surface area contributed by atoms with E-state index in [-0.39, 0.29) is 18.5 Å². The standard InChI is InChI=1S/C19H24N2O3/c1-3-6-14-11-18(16-7-4-5-8-17(16)20-14)21-9-10-24-15(13-21)12-19(22)23-2/h4-5,7-8,11,15H,3,6,9-10,12-13H2,1-2H3. The van der Waals surface area contributed by atoms with Crippen LogP contribution in [0.25, 0.3) is 10.9 Å². The third-order valence-electron chi connectivity index (χ3n) is 4.36. The third kappa shape index (κ3) is 3.67. The van der Waals surface area contributed by atoms with Crippen LogP contribution < -0.4 is 4.90 Å². The molecule has 1 fully saturated rings. The van der Waals surface area contributed by atoms with Gasteiger partial charge in [-0.15, -0.1) is 0 Å². The summed E-state index contributed by atoms with van der Waals surface area (Å²) < 4.78 is 10.5. The molecule has 24 heavy (non-hydrogen) atoms. The van der Waals surface area contributed by atoms with Gasteiger partial charge in [-0.2, -0.15) is 0 Å². The Hall–Kier alpha value is -2.14. The Labute approximate surface area is 142 Å². The highest BCUT2D eigenvalue weighted by Gasteiger charge is 2.24. The van der Waals surface area contributed by atoms with E-state index in [1.54, 1.807) is 0 Å². The minimum atomic E-state index is -0.229. The monoisotopic (exact) mass is 328 g/mol. The molecule has 0 radical (unpaired) electrons. The first-order valence-electron chi connectivity index (χ1n) is 8.53. The second-order valence-electron chi connectivity index (χ2n) is 6.12. The molecule has 0 saturated carbocycles. The van der Waals surface area contributed by atoms with E-state index in [0.717, 1.165) is 36.0 Å². The van der Waals surface area contributed by atoms with Crippen molar-refractivity contribution >= 4 is 22.6 Å². The van der Waals surface area contributed by atoms with Crippen LogP contribution in [-0.4, -0.2) is 43.9 Å². The number of aryl methyl sites for hydroxylation is 1. The number of ether oxygens (including phenoxy) is 2. The van der Waals surface area contributed by atoms with Crippen molar-refractivity contribution in [3.05, 3.63) is 36.0 Å². The predicted molar refractivity (Wildman–Crippen MR) is 94.3 cm³/mol. The minimum absolute atomic E-state index is 0.132. The van der Waals surface area contributed by atoms with Crippen molar-refractivity contribution in [2.24, 2.45) is 0 Å². The number of aromatic nitrogens is 1. The SMILES string of the molecule is CCCc1cc(N2CCOC(CC(=O)OC)C2)c2ccccc2n1. The molecule has 1 saturated heterocycles. The Morgan fingerprint density at radius 1 is 1.42 bits per heavy atom. The van der Waals surface area contributed by atoms with Crippen molar-refractivity contribution in [3.63, 3.8) is 0 Å². The highest BCUT2D eigenvalue weighted by atomic mass is 16.5. The van der Waals surface area contributed by atoms with Crippen molar-refractivity contribution in [1.82, 2.24) is 4.98 Å². The summed E-state index contributed by atoms with van der Waals surface area (Å²) in [7, 11) is 1.41. The number of anilines is 1. The summed E-state index contributed by atoms with van der Waals surface area (Å²) in [6.45, 7) is 4.28. The van der Waals surface area contributed by atoms with Gasteiger partial charge in [-0.25, -0.2) is 0 Å². The molecule has 2 heterocycles. The first kappa shape index (κ1) is 16.7. The van der Waals surface area contributed by atoms with Gasteiger partial charge < -0.3 is 14.4 Å². The molecule has 5 heteroatoms. The second kappa shape index (κ2) is 7.62. The third-order valence-corrected chi connectivity index (χ3v) is 4.36. The summed E-state index contributed by atoms with van der Waals surface area (Å²) in [5.41, 5.74) is 3.32. The summed E-state index contributed by atoms with van der Waals surface area (Å²) in [5, 5.41) is 1.15. The van der Waals surface area contributed by atoms with E-state index in [9.17, 15) is 4.79 Å². The number of pyridine rings is 1. The van der Waals surface area contributed by atoms with Gasteiger partial charge in [-0.1, -0.05) is 31.5 Å². The zero-order valence-electron chi connectivity index (χ0n) is 14.3. The number of carbonyl (C=O) groups excluding carboxylic acids is 1. The molecule has 1 aromatic carbocycles. The molecule has 1 aliphatic heterocycles. The molecule has 0 N–H and O–H groups in total. The summed E-state index contributed by atoms with van der Waals surface area (Å²) in [6, 6.07) is 10.4. The number of para-hydroxylation sites is 1. The summed E-state index contributed by atoms with van der Waals surface area (Å²) in [6.07, 6.45) is 2.19. The molecule has 1 atom stereocenters. The van der Waals surface area contributed by atoms with Crippen molar-refractivity contribution in [3.8, 4) is 0 Å². The molecule has 0 bridgehead atoms. The van der Waals surface area contributed by atoms with Crippen LogP contribution >= 0.6 is 0 Å². The number of benzene rings is 1. The van der Waals surface area contributed by atoms with Gasteiger partial charge in [0.25, 0.3) is 0 Å². The molecule has 5 nitrogen and oxygen atoms in total. The Kier molecular flexibility index (Phi) is 5.30. The number of fused-ring (bicyclic) bond motifs is 1. The van der Waals surface area contributed by atoms with Gasteiger partial charge in [0.05, 0.1) is 31.8 Å². The second-order valence-corrected chi connectivity index (χ2v) is 6.12. The number of morpholine rings is 1. The molecule has 3 rings (SSSR count). The molecule has 1 aromatic heterocycles. The average Bonchev–Trinajstić information content (AvgIpc) is 2.61. The molecule has 1 unspecified atom stereocenters. The van der Waals surface area contributed by atoms with E-state index in [1.165, 1.54) is 12.8 Å². The number of hydrogen-bond donors (Lipinski definition) is 0. The first-order chi connectivity index (χ1) is 11.7. The Bertz CT molecular complexity index is 717. The Morgan fingerprint density at radius 2 is 2.25 bits per heavy atom. The van der Waals surface area contributed by atoms with Crippen LogP contribution in [0.5, 0.6) is 0 Å². The fourth-order valence-electron chi connectivity index (χ4n) is 3.19.